The summed E-state index contributed by atoms with van der Waals surface area (Å²) >= 11 is 0. The van der Waals surface area contributed by atoms with E-state index >= 15 is 0 Å². The van der Waals surface area contributed by atoms with Crippen molar-refractivity contribution in [2.45, 2.75) is 32.7 Å². The molecule has 1 rings (SSSR count). The minimum atomic E-state index is -3.28. The van der Waals surface area contributed by atoms with E-state index in [2.05, 4.69) is 22.0 Å². The molecule has 0 aliphatic heterocycles. The molecule has 0 saturated heterocycles. The summed E-state index contributed by atoms with van der Waals surface area (Å²) in [7, 11) is -3.28. The molecule has 0 fully saturated rings. The van der Waals surface area contributed by atoms with Gasteiger partial charge in [-0.2, -0.15) is 0 Å². The number of nitrogens with one attached hydrogen (secondary N) is 2. The number of aliphatic imine (C=N–C) groups is 1. The second-order valence-electron chi connectivity index (χ2n) is 5.64. The Balaban J connectivity index is 2.63. The molecule has 1 aromatic rings. The first-order valence-electron chi connectivity index (χ1n) is 6.76. The van der Waals surface area contributed by atoms with Crippen LogP contribution in [0.15, 0.2) is 29.3 Å². The van der Waals surface area contributed by atoms with Crippen molar-refractivity contribution >= 4 is 21.7 Å². The van der Waals surface area contributed by atoms with Crippen LogP contribution in [0.4, 0.5) is 5.69 Å². The molecule has 7 heteroatoms. The van der Waals surface area contributed by atoms with Crippen LogP contribution in [0.25, 0.3) is 0 Å². The second kappa shape index (κ2) is 6.91. The van der Waals surface area contributed by atoms with Crippen LogP contribution in [-0.2, 0) is 16.4 Å². The highest BCUT2D eigenvalue weighted by Crippen LogP contribution is 2.10. The summed E-state index contributed by atoms with van der Waals surface area (Å²) in [5.41, 5.74) is 7.21. The van der Waals surface area contributed by atoms with E-state index in [1.54, 1.807) is 13.8 Å². The van der Waals surface area contributed by atoms with Crippen molar-refractivity contribution in [3.8, 4) is 0 Å². The lowest BCUT2D eigenvalue weighted by Gasteiger charge is -2.22. The Morgan fingerprint density at radius 2 is 1.86 bits per heavy atom. The van der Waals surface area contributed by atoms with Gasteiger partial charge in [0.1, 0.15) is 0 Å². The summed E-state index contributed by atoms with van der Waals surface area (Å²) in [6.45, 7) is 5.84. The van der Waals surface area contributed by atoms with Gasteiger partial charge in [0.2, 0.25) is 10.0 Å². The van der Waals surface area contributed by atoms with Gasteiger partial charge in [-0.1, -0.05) is 19.1 Å². The maximum atomic E-state index is 11.2. The molecule has 0 unspecified atom stereocenters. The molecule has 0 saturated carbocycles. The molecule has 0 spiro atoms. The first-order chi connectivity index (χ1) is 9.61. The highest BCUT2D eigenvalue weighted by Gasteiger charge is 2.21. The third-order valence-electron chi connectivity index (χ3n) is 2.74. The maximum Gasteiger partial charge on any atom is 0.209 e. The molecule has 118 valence electrons. The molecule has 0 heterocycles. The van der Waals surface area contributed by atoms with Crippen molar-refractivity contribution < 1.29 is 8.42 Å². The monoisotopic (exact) mass is 312 g/mol. The summed E-state index contributed by atoms with van der Waals surface area (Å²) < 4.78 is 25.0. The Morgan fingerprint density at radius 1 is 1.29 bits per heavy atom. The van der Waals surface area contributed by atoms with Crippen molar-refractivity contribution in [2.75, 3.05) is 18.1 Å². The molecular weight excluding hydrogens is 288 g/mol. The van der Waals surface area contributed by atoms with Crippen LogP contribution in [0.5, 0.6) is 0 Å². The summed E-state index contributed by atoms with van der Waals surface area (Å²) in [6, 6.07) is 7.90. The van der Waals surface area contributed by atoms with Crippen molar-refractivity contribution in [3.63, 3.8) is 0 Å². The Hall–Kier alpha value is -1.60. The van der Waals surface area contributed by atoms with E-state index in [-0.39, 0.29) is 12.5 Å². The van der Waals surface area contributed by atoms with Crippen molar-refractivity contribution in [1.29, 1.82) is 0 Å². The van der Waals surface area contributed by atoms with E-state index in [4.69, 9.17) is 5.73 Å². The molecule has 21 heavy (non-hydrogen) atoms. The lowest BCUT2D eigenvalue weighted by molar-refractivity contribution is 0.466. The Labute approximate surface area is 126 Å². The molecule has 0 aliphatic rings. The van der Waals surface area contributed by atoms with Crippen molar-refractivity contribution in [1.82, 2.24) is 4.72 Å². The van der Waals surface area contributed by atoms with Crippen LogP contribution in [-0.4, -0.2) is 32.7 Å². The number of benzene rings is 1. The summed E-state index contributed by atoms with van der Waals surface area (Å²) in [4.78, 5) is 4.17. The lowest BCUT2D eigenvalue weighted by Crippen LogP contribution is -2.45. The topological polar surface area (TPSA) is 96.6 Å². The molecule has 0 bridgehead atoms. The number of nitrogens with zero attached hydrogens (tertiary/aromatic N) is 1. The summed E-state index contributed by atoms with van der Waals surface area (Å²) in [6.07, 6.45) is 2.10. The normalized spacial score (nSPS) is 13.2. The summed E-state index contributed by atoms with van der Waals surface area (Å²) in [5, 5.41) is 2.98. The Kier molecular flexibility index (Phi) is 5.74. The molecule has 0 amide bonds. The van der Waals surface area contributed by atoms with Crippen LogP contribution in [0.3, 0.4) is 0 Å². The minimum absolute atomic E-state index is 0.242. The zero-order chi connectivity index (χ0) is 16.1. The minimum Gasteiger partial charge on any atom is -0.370 e. The van der Waals surface area contributed by atoms with Crippen LogP contribution in [0.1, 0.15) is 26.3 Å². The number of guanidine groups is 1. The predicted molar refractivity (Wildman–Crippen MR) is 88.0 cm³/mol. The average Bonchev–Trinajstić information content (AvgIpc) is 2.35. The average molecular weight is 312 g/mol. The van der Waals surface area contributed by atoms with Crippen molar-refractivity contribution in [3.05, 3.63) is 29.8 Å². The Morgan fingerprint density at radius 3 is 2.33 bits per heavy atom. The van der Waals surface area contributed by atoms with E-state index in [1.807, 2.05) is 24.3 Å². The molecule has 4 N–H and O–H groups in total. The zero-order valence-corrected chi connectivity index (χ0v) is 13.8. The molecule has 6 nitrogen and oxygen atoms in total. The fourth-order valence-electron chi connectivity index (χ4n) is 1.83. The number of anilines is 1. The third-order valence-corrected chi connectivity index (χ3v) is 3.66. The van der Waals surface area contributed by atoms with Gasteiger partial charge in [0.05, 0.1) is 12.8 Å². The molecule has 0 atom stereocenters. The van der Waals surface area contributed by atoms with Gasteiger partial charge >= 0.3 is 0 Å². The van der Waals surface area contributed by atoms with Gasteiger partial charge in [-0.05, 0) is 38.0 Å². The van der Waals surface area contributed by atoms with Gasteiger partial charge in [-0.15, -0.1) is 0 Å². The highest BCUT2D eigenvalue weighted by atomic mass is 32.2. The number of aryl methyl sites for hydroxylation is 1. The molecule has 0 radical (unpaired) electrons. The third kappa shape index (κ3) is 7.10. The van der Waals surface area contributed by atoms with E-state index in [1.165, 1.54) is 5.56 Å². The van der Waals surface area contributed by atoms with Gasteiger partial charge in [-0.3, -0.25) is 4.99 Å². The first kappa shape index (κ1) is 17.5. The zero-order valence-electron chi connectivity index (χ0n) is 13.0. The van der Waals surface area contributed by atoms with Crippen LogP contribution in [0, 0.1) is 0 Å². The maximum absolute atomic E-state index is 11.2. The second-order valence-corrected chi connectivity index (χ2v) is 7.38. The van der Waals surface area contributed by atoms with E-state index < -0.39 is 15.6 Å². The number of sulfonamides is 1. The van der Waals surface area contributed by atoms with Crippen LogP contribution >= 0.6 is 0 Å². The number of hydrogen-bond donors (Lipinski definition) is 3. The number of nitrogens with two attached hydrogens (primary N) is 1. The first-order valence-corrected chi connectivity index (χ1v) is 8.65. The van der Waals surface area contributed by atoms with E-state index in [9.17, 15) is 8.42 Å². The van der Waals surface area contributed by atoms with E-state index in [0.717, 1.165) is 18.4 Å². The number of rotatable bonds is 6. The van der Waals surface area contributed by atoms with Gasteiger partial charge in [-0.25, -0.2) is 13.1 Å². The van der Waals surface area contributed by atoms with Gasteiger partial charge in [0, 0.05) is 11.2 Å². The smallest absolute Gasteiger partial charge is 0.209 e. The Bertz CT molecular complexity index is 592. The standard InChI is InChI=1S/C14H24N4O2S/c1-5-11-6-8-12(9-7-11)17-13(15)16-10-14(2,3)18-21(4,19)20/h6-9,18H,5,10H2,1-4H3,(H3,15,16,17). The molecule has 0 aliphatic carbocycles. The van der Waals surface area contributed by atoms with Crippen LogP contribution in [0.2, 0.25) is 0 Å². The SMILES string of the molecule is CCc1ccc(NC(N)=NCC(C)(C)NS(C)(=O)=O)cc1. The predicted octanol–water partition coefficient (Wildman–Crippen LogP) is 1.30. The fourth-order valence-corrected chi connectivity index (χ4v) is 2.90. The van der Waals surface area contributed by atoms with E-state index in [0.29, 0.717) is 0 Å². The molecule has 0 aromatic heterocycles. The number of hydrogen-bond acceptors (Lipinski definition) is 3. The largest absolute Gasteiger partial charge is 0.370 e. The highest BCUT2D eigenvalue weighted by molar-refractivity contribution is 7.88. The molecule has 1 aromatic carbocycles. The lowest BCUT2D eigenvalue weighted by atomic mass is 10.1. The van der Waals surface area contributed by atoms with Gasteiger partial charge in [0.15, 0.2) is 5.96 Å². The quantitative estimate of drug-likeness (QED) is 0.545. The summed E-state index contributed by atoms with van der Waals surface area (Å²) in [5.74, 6) is 0.252. The van der Waals surface area contributed by atoms with Gasteiger partial charge in [0.25, 0.3) is 0 Å². The van der Waals surface area contributed by atoms with Crippen molar-refractivity contribution in [2.24, 2.45) is 10.7 Å². The van der Waals surface area contributed by atoms with Crippen LogP contribution < -0.4 is 15.8 Å². The molecular formula is C14H24N4O2S. The fraction of sp³-hybridized carbons (Fsp3) is 0.500. The van der Waals surface area contributed by atoms with Gasteiger partial charge < -0.3 is 11.1 Å².